The molecule has 1 saturated carbocycles. The summed E-state index contributed by atoms with van der Waals surface area (Å²) in [5, 5.41) is 14.2. The highest BCUT2D eigenvalue weighted by molar-refractivity contribution is 5.94. The Morgan fingerprint density at radius 2 is 1.91 bits per heavy atom. The number of hydrogen-bond acceptors (Lipinski definition) is 3. The van der Waals surface area contributed by atoms with Gasteiger partial charge in [0.15, 0.2) is 5.82 Å². The quantitative estimate of drug-likeness (QED) is 0.427. The molecule has 1 aliphatic carbocycles. The maximum Gasteiger partial charge on any atom is 0.335 e. The molecule has 7 heteroatoms. The molecule has 5 nitrogen and oxygen atoms in total. The van der Waals surface area contributed by atoms with Crippen molar-refractivity contribution >= 4 is 17.0 Å². The van der Waals surface area contributed by atoms with E-state index in [0.29, 0.717) is 22.3 Å². The van der Waals surface area contributed by atoms with Gasteiger partial charge in [-0.1, -0.05) is 18.9 Å². The van der Waals surface area contributed by atoms with Crippen molar-refractivity contribution in [3.8, 4) is 16.8 Å². The summed E-state index contributed by atoms with van der Waals surface area (Å²) in [6.45, 7) is 1.79. The Morgan fingerprint density at radius 1 is 1.12 bits per heavy atom. The molecule has 1 aliphatic rings. The van der Waals surface area contributed by atoms with Crippen LogP contribution in [0.3, 0.4) is 0 Å². The number of rotatable bonds is 4. The third-order valence-electron chi connectivity index (χ3n) is 6.14. The Balaban J connectivity index is 1.68. The van der Waals surface area contributed by atoms with Crippen LogP contribution in [-0.4, -0.2) is 25.8 Å². The first-order valence-corrected chi connectivity index (χ1v) is 10.6. The zero-order valence-corrected chi connectivity index (χ0v) is 17.5. The number of halogens is 2. The van der Waals surface area contributed by atoms with Crippen LogP contribution in [0, 0.1) is 18.6 Å². The Bertz CT molecular complexity index is 1340. The van der Waals surface area contributed by atoms with E-state index in [1.54, 1.807) is 37.4 Å². The number of pyridine rings is 1. The van der Waals surface area contributed by atoms with Gasteiger partial charge in [0, 0.05) is 5.56 Å². The highest BCUT2D eigenvalue weighted by Gasteiger charge is 2.24. The molecule has 0 spiro atoms. The third-order valence-corrected chi connectivity index (χ3v) is 6.14. The van der Waals surface area contributed by atoms with Crippen molar-refractivity contribution in [2.75, 3.05) is 0 Å². The van der Waals surface area contributed by atoms with Gasteiger partial charge in [0.05, 0.1) is 23.6 Å². The van der Waals surface area contributed by atoms with Crippen LogP contribution in [-0.2, 0) is 0 Å². The minimum atomic E-state index is -0.982. The monoisotopic (exact) mass is 433 g/mol. The second kappa shape index (κ2) is 7.82. The van der Waals surface area contributed by atoms with Crippen molar-refractivity contribution < 1.29 is 18.7 Å². The number of fused-ring (bicyclic) bond motifs is 1. The zero-order chi connectivity index (χ0) is 22.4. The third kappa shape index (κ3) is 3.53. The zero-order valence-electron chi connectivity index (χ0n) is 17.5. The van der Waals surface area contributed by atoms with Gasteiger partial charge in [-0.05, 0) is 72.7 Å². The lowest BCUT2D eigenvalue weighted by Crippen LogP contribution is -2.06. The lowest BCUT2D eigenvalue weighted by atomic mass is 9.89. The number of benzene rings is 2. The molecule has 1 N–H and O–H groups in total. The molecule has 2 aromatic carbocycles. The van der Waals surface area contributed by atoms with Crippen molar-refractivity contribution in [3.05, 3.63) is 77.1 Å². The molecule has 2 aromatic heterocycles. The molecule has 0 atom stereocenters. The van der Waals surface area contributed by atoms with E-state index in [2.05, 4.69) is 10.1 Å². The molecule has 162 valence electrons. The number of aromatic carboxylic acids is 1. The van der Waals surface area contributed by atoms with Crippen LogP contribution in [0.25, 0.3) is 27.8 Å². The lowest BCUT2D eigenvalue weighted by molar-refractivity contribution is 0.0695. The fourth-order valence-corrected chi connectivity index (χ4v) is 4.68. The molecular weight excluding hydrogens is 412 g/mol. The van der Waals surface area contributed by atoms with Crippen LogP contribution in [0.2, 0.25) is 0 Å². The number of carbonyl (C=O) groups is 1. The summed E-state index contributed by atoms with van der Waals surface area (Å²) < 4.78 is 30.4. The van der Waals surface area contributed by atoms with E-state index in [0.717, 1.165) is 43.0 Å². The molecule has 0 aliphatic heterocycles. The number of hydrogen-bond donors (Lipinski definition) is 1. The first-order chi connectivity index (χ1) is 15.4. The van der Waals surface area contributed by atoms with Gasteiger partial charge < -0.3 is 5.11 Å². The molecule has 32 heavy (non-hydrogen) atoms. The number of aryl methyl sites for hydroxylation is 1. The van der Waals surface area contributed by atoms with Crippen molar-refractivity contribution in [3.63, 3.8) is 0 Å². The van der Waals surface area contributed by atoms with E-state index in [1.165, 1.54) is 16.8 Å². The highest BCUT2D eigenvalue weighted by Crippen LogP contribution is 2.39. The van der Waals surface area contributed by atoms with Gasteiger partial charge in [0.2, 0.25) is 0 Å². The van der Waals surface area contributed by atoms with E-state index in [-0.39, 0.29) is 22.9 Å². The van der Waals surface area contributed by atoms with Gasteiger partial charge >= 0.3 is 5.97 Å². The van der Waals surface area contributed by atoms with E-state index in [4.69, 9.17) is 0 Å². The second-order valence-corrected chi connectivity index (χ2v) is 8.36. The predicted octanol–water partition coefficient (Wildman–Crippen LogP) is 6.03. The largest absolute Gasteiger partial charge is 0.478 e. The van der Waals surface area contributed by atoms with Crippen LogP contribution in [0.5, 0.6) is 0 Å². The lowest BCUT2D eigenvalue weighted by Gasteiger charge is -2.15. The molecule has 0 bridgehead atoms. The number of nitrogens with zero attached hydrogens (tertiary/aromatic N) is 3. The van der Waals surface area contributed by atoms with E-state index in [9.17, 15) is 14.3 Å². The second-order valence-electron chi connectivity index (χ2n) is 8.36. The molecule has 0 amide bonds. The fraction of sp³-hybridized carbons (Fsp3) is 0.240. The average molecular weight is 433 g/mol. The standard InChI is InChI=1S/C25H21F2N3O2/c1-14-8-17(26)11-18(9-14)30-13-22-24(29-30)23(21(27)12-28-22)16-6-7-19(25(31)32)20(10-16)15-4-2-3-5-15/h6-13,15H,2-5H2,1H3,(H,31,32). The first kappa shape index (κ1) is 20.3. The number of carboxylic acids is 1. The van der Waals surface area contributed by atoms with Crippen LogP contribution >= 0.6 is 0 Å². The van der Waals surface area contributed by atoms with Crippen molar-refractivity contribution in [2.24, 2.45) is 0 Å². The highest BCUT2D eigenvalue weighted by atomic mass is 19.1. The van der Waals surface area contributed by atoms with Gasteiger partial charge in [0.25, 0.3) is 0 Å². The van der Waals surface area contributed by atoms with Gasteiger partial charge in [-0.15, -0.1) is 0 Å². The van der Waals surface area contributed by atoms with Crippen molar-refractivity contribution in [2.45, 2.75) is 38.5 Å². The summed E-state index contributed by atoms with van der Waals surface area (Å²) in [4.78, 5) is 15.9. The Kier molecular flexibility index (Phi) is 4.96. The molecular formula is C25H21F2N3O2. The maximum absolute atomic E-state index is 15.0. The van der Waals surface area contributed by atoms with Crippen LogP contribution in [0.15, 0.2) is 48.8 Å². The van der Waals surface area contributed by atoms with E-state index < -0.39 is 11.8 Å². The first-order valence-electron chi connectivity index (χ1n) is 10.6. The van der Waals surface area contributed by atoms with Crippen LogP contribution in [0.4, 0.5) is 8.78 Å². The normalized spacial score (nSPS) is 14.3. The summed E-state index contributed by atoms with van der Waals surface area (Å²) in [6, 6.07) is 9.50. The molecule has 4 aromatic rings. The summed E-state index contributed by atoms with van der Waals surface area (Å²) in [7, 11) is 0. The molecule has 2 heterocycles. The average Bonchev–Trinajstić information content (AvgIpc) is 3.42. The summed E-state index contributed by atoms with van der Waals surface area (Å²) in [5.41, 5.74) is 3.87. The topological polar surface area (TPSA) is 68.0 Å². The fourth-order valence-electron chi connectivity index (χ4n) is 4.68. The van der Waals surface area contributed by atoms with Crippen molar-refractivity contribution in [1.82, 2.24) is 14.8 Å². The van der Waals surface area contributed by atoms with E-state index >= 15 is 4.39 Å². The summed E-state index contributed by atoms with van der Waals surface area (Å²) >= 11 is 0. The number of aromatic nitrogens is 3. The predicted molar refractivity (Wildman–Crippen MR) is 117 cm³/mol. The SMILES string of the molecule is Cc1cc(F)cc(-n2cc3ncc(F)c(-c4ccc(C(=O)O)c(C5CCCC5)c4)c3n2)c1. The molecule has 5 rings (SSSR count). The molecule has 0 saturated heterocycles. The molecule has 0 unspecified atom stereocenters. The minimum Gasteiger partial charge on any atom is -0.478 e. The van der Waals surface area contributed by atoms with Gasteiger partial charge in [-0.3, -0.25) is 0 Å². The van der Waals surface area contributed by atoms with Gasteiger partial charge in [0.1, 0.15) is 16.9 Å². The molecule has 0 radical (unpaired) electrons. The maximum atomic E-state index is 15.0. The minimum absolute atomic E-state index is 0.147. The van der Waals surface area contributed by atoms with Gasteiger partial charge in [-0.2, -0.15) is 5.10 Å². The Labute approximate surface area is 183 Å². The molecule has 1 fully saturated rings. The Hall–Kier alpha value is -3.61. The number of carboxylic acid groups (broad SMARTS) is 1. The smallest absolute Gasteiger partial charge is 0.335 e. The van der Waals surface area contributed by atoms with Crippen molar-refractivity contribution in [1.29, 1.82) is 0 Å². The van der Waals surface area contributed by atoms with Gasteiger partial charge in [-0.25, -0.2) is 23.2 Å². The summed E-state index contributed by atoms with van der Waals surface area (Å²) in [5.74, 6) is -1.76. The van der Waals surface area contributed by atoms with Crippen LogP contribution in [0.1, 0.15) is 53.1 Å². The van der Waals surface area contributed by atoms with Crippen LogP contribution < -0.4 is 0 Å². The van der Waals surface area contributed by atoms with E-state index in [1.807, 2.05) is 0 Å². The Morgan fingerprint density at radius 3 is 2.62 bits per heavy atom. The summed E-state index contributed by atoms with van der Waals surface area (Å²) in [6.07, 6.45) is 6.73.